The van der Waals surface area contributed by atoms with Crippen molar-refractivity contribution in [2.24, 2.45) is 0 Å². The third kappa shape index (κ3) is 1.34. The van der Waals surface area contributed by atoms with Crippen molar-refractivity contribution in [1.29, 1.82) is 0 Å². The summed E-state index contributed by atoms with van der Waals surface area (Å²) >= 11 is 0. The van der Waals surface area contributed by atoms with Crippen LogP contribution >= 0.6 is 0 Å². The Labute approximate surface area is 58.1 Å². The Hall–Kier alpha value is -1.32. The first kappa shape index (κ1) is 6.80. The smallest absolute Gasteiger partial charge is 0.340 e. The standard InChI is InChI=1S/C6H8N2O2/c1-8(2)6-7-4-3-5(9)10-6/h3-4H,1-2H3. The summed E-state index contributed by atoms with van der Waals surface area (Å²) in [5.41, 5.74) is -0.376. The summed E-state index contributed by atoms with van der Waals surface area (Å²) in [6, 6.07) is 1.60. The molecule has 0 aliphatic heterocycles. The largest absolute Gasteiger partial charge is 0.389 e. The first-order valence-electron chi connectivity index (χ1n) is 2.83. The summed E-state index contributed by atoms with van der Waals surface area (Å²) < 4.78 is 4.70. The van der Waals surface area contributed by atoms with Crippen LogP contribution in [0.5, 0.6) is 0 Å². The highest BCUT2D eigenvalue weighted by Gasteiger charge is 1.97. The fourth-order valence-corrected chi connectivity index (χ4v) is 0.519. The summed E-state index contributed by atoms with van der Waals surface area (Å²) in [5, 5.41) is 0. The van der Waals surface area contributed by atoms with Gasteiger partial charge in [-0.1, -0.05) is 0 Å². The Morgan fingerprint density at radius 1 is 1.60 bits per heavy atom. The number of nitrogens with zero attached hydrogens (tertiary/aromatic N) is 2. The van der Waals surface area contributed by atoms with E-state index in [2.05, 4.69) is 4.98 Å². The van der Waals surface area contributed by atoms with Gasteiger partial charge in [0.15, 0.2) is 0 Å². The van der Waals surface area contributed by atoms with Gasteiger partial charge in [-0.2, -0.15) is 0 Å². The lowest BCUT2D eigenvalue weighted by Gasteiger charge is -2.05. The van der Waals surface area contributed by atoms with Crippen LogP contribution in [0.2, 0.25) is 0 Å². The van der Waals surface area contributed by atoms with Crippen LogP contribution in [0.25, 0.3) is 0 Å². The number of rotatable bonds is 1. The van der Waals surface area contributed by atoms with Gasteiger partial charge in [0.05, 0.1) is 0 Å². The first-order valence-corrected chi connectivity index (χ1v) is 2.83. The third-order valence-electron chi connectivity index (χ3n) is 0.970. The summed E-state index contributed by atoms with van der Waals surface area (Å²) in [5.74, 6) is 0. The molecule has 0 fully saturated rings. The molecule has 0 aromatic carbocycles. The number of anilines is 1. The van der Waals surface area contributed by atoms with Crippen LogP contribution in [0.15, 0.2) is 21.5 Å². The maximum atomic E-state index is 10.6. The molecular formula is C6H8N2O2. The van der Waals surface area contributed by atoms with Crippen LogP contribution in [0.3, 0.4) is 0 Å². The quantitative estimate of drug-likeness (QED) is 0.555. The Morgan fingerprint density at radius 2 is 2.30 bits per heavy atom. The molecule has 1 rings (SSSR count). The van der Waals surface area contributed by atoms with Crippen molar-refractivity contribution in [3.05, 3.63) is 22.7 Å². The predicted octanol–water partition coefficient (Wildman–Crippen LogP) is 0.101. The van der Waals surface area contributed by atoms with E-state index in [0.29, 0.717) is 6.01 Å². The lowest BCUT2D eigenvalue weighted by Crippen LogP contribution is -2.13. The summed E-state index contributed by atoms with van der Waals surface area (Å²) in [7, 11) is 3.51. The monoisotopic (exact) mass is 140 g/mol. The van der Waals surface area contributed by atoms with Gasteiger partial charge in [-0.15, -0.1) is 0 Å². The van der Waals surface area contributed by atoms with Gasteiger partial charge in [0, 0.05) is 26.4 Å². The van der Waals surface area contributed by atoms with E-state index in [-0.39, 0.29) is 5.63 Å². The lowest BCUT2D eigenvalue weighted by atomic mass is 10.7. The van der Waals surface area contributed by atoms with Crippen LogP contribution in [-0.4, -0.2) is 19.1 Å². The first-order chi connectivity index (χ1) is 4.70. The van der Waals surface area contributed by atoms with Gasteiger partial charge in [0.25, 0.3) is 6.01 Å². The minimum Gasteiger partial charge on any atom is -0.389 e. The van der Waals surface area contributed by atoms with Crippen LogP contribution in [0, 0.1) is 0 Å². The average Bonchev–Trinajstić information content (AvgIpc) is 1.88. The molecule has 1 aromatic rings. The van der Waals surface area contributed by atoms with Crippen LogP contribution < -0.4 is 10.5 Å². The van der Waals surface area contributed by atoms with Gasteiger partial charge >= 0.3 is 5.63 Å². The van der Waals surface area contributed by atoms with Crippen molar-refractivity contribution in [2.75, 3.05) is 19.0 Å². The second kappa shape index (κ2) is 2.51. The Bertz CT molecular complexity index is 266. The maximum absolute atomic E-state index is 10.6. The van der Waals surface area contributed by atoms with Gasteiger partial charge in [0.2, 0.25) is 0 Å². The molecule has 0 aliphatic rings. The molecule has 0 saturated heterocycles. The highest BCUT2D eigenvalue weighted by molar-refractivity contribution is 5.19. The van der Waals surface area contributed by atoms with Crippen LogP contribution in [0.4, 0.5) is 6.01 Å². The highest BCUT2D eigenvalue weighted by atomic mass is 16.4. The molecular weight excluding hydrogens is 132 g/mol. The zero-order chi connectivity index (χ0) is 7.56. The molecule has 54 valence electrons. The maximum Gasteiger partial charge on any atom is 0.340 e. The van der Waals surface area contributed by atoms with Crippen molar-refractivity contribution in [2.45, 2.75) is 0 Å². The van der Waals surface area contributed by atoms with Gasteiger partial charge in [-0.25, -0.2) is 9.78 Å². The van der Waals surface area contributed by atoms with Gasteiger partial charge in [0.1, 0.15) is 0 Å². The van der Waals surface area contributed by atoms with E-state index in [4.69, 9.17) is 4.42 Å². The molecule has 0 N–H and O–H groups in total. The molecule has 1 aromatic heterocycles. The summed E-state index contributed by atoms with van der Waals surface area (Å²) in [6.07, 6.45) is 1.42. The SMILES string of the molecule is CN(C)c1nccc(=O)o1. The molecule has 0 unspecified atom stereocenters. The molecule has 0 bridgehead atoms. The fraction of sp³-hybridized carbons (Fsp3) is 0.333. The molecule has 0 spiro atoms. The van der Waals surface area contributed by atoms with Crippen molar-refractivity contribution in [3.8, 4) is 0 Å². The van der Waals surface area contributed by atoms with E-state index in [1.165, 1.54) is 12.3 Å². The van der Waals surface area contributed by atoms with E-state index in [1.807, 2.05) is 0 Å². The van der Waals surface area contributed by atoms with Crippen molar-refractivity contribution < 1.29 is 4.42 Å². The van der Waals surface area contributed by atoms with Crippen LogP contribution in [-0.2, 0) is 0 Å². The molecule has 0 radical (unpaired) electrons. The van der Waals surface area contributed by atoms with Gasteiger partial charge in [-0.05, 0) is 0 Å². The van der Waals surface area contributed by atoms with E-state index in [1.54, 1.807) is 19.0 Å². The predicted molar refractivity (Wildman–Crippen MR) is 37.1 cm³/mol. The topological polar surface area (TPSA) is 46.3 Å². The molecule has 4 nitrogen and oxygen atoms in total. The third-order valence-corrected chi connectivity index (χ3v) is 0.970. The molecule has 4 heteroatoms. The van der Waals surface area contributed by atoms with E-state index >= 15 is 0 Å². The minimum absolute atomic E-state index is 0.326. The second-order valence-electron chi connectivity index (χ2n) is 2.04. The molecule has 0 saturated carbocycles. The average molecular weight is 140 g/mol. The fourth-order valence-electron chi connectivity index (χ4n) is 0.519. The van der Waals surface area contributed by atoms with Crippen molar-refractivity contribution >= 4 is 6.01 Å². The zero-order valence-corrected chi connectivity index (χ0v) is 5.87. The summed E-state index contributed by atoms with van der Waals surface area (Å²) in [6.45, 7) is 0. The molecule has 0 atom stereocenters. The van der Waals surface area contributed by atoms with E-state index < -0.39 is 0 Å². The van der Waals surface area contributed by atoms with Crippen molar-refractivity contribution in [3.63, 3.8) is 0 Å². The van der Waals surface area contributed by atoms with Gasteiger partial charge in [-0.3, -0.25) is 0 Å². The number of hydrogen-bond acceptors (Lipinski definition) is 4. The van der Waals surface area contributed by atoms with Crippen molar-refractivity contribution in [1.82, 2.24) is 4.98 Å². The molecule has 0 amide bonds. The van der Waals surface area contributed by atoms with E-state index in [9.17, 15) is 4.79 Å². The minimum atomic E-state index is -0.376. The molecule has 1 heterocycles. The Morgan fingerprint density at radius 3 is 2.70 bits per heavy atom. The Kier molecular flexibility index (Phi) is 1.71. The zero-order valence-electron chi connectivity index (χ0n) is 5.87. The molecule has 0 aliphatic carbocycles. The lowest BCUT2D eigenvalue weighted by molar-refractivity contribution is 0.492. The van der Waals surface area contributed by atoms with Crippen LogP contribution in [0.1, 0.15) is 0 Å². The van der Waals surface area contributed by atoms with Gasteiger partial charge < -0.3 is 9.32 Å². The molecule has 10 heavy (non-hydrogen) atoms. The second-order valence-corrected chi connectivity index (χ2v) is 2.04. The number of hydrogen-bond donors (Lipinski definition) is 0. The Balaban J connectivity index is 3.07. The summed E-state index contributed by atoms with van der Waals surface area (Å²) in [4.78, 5) is 16.0. The normalized spacial score (nSPS) is 9.40. The number of aromatic nitrogens is 1. The highest BCUT2D eigenvalue weighted by Crippen LogP contribution is 1.98. The van der Waals surface area contributed by atoms with E-state index in [0.717, 1.165) is 0 Å².